The maximum Gasteiger partial charge on any atom is 0.222 e. The first kappa shape index (κ1) is 21.5. The van der Waals surface area contributed by atoms with E-state index in [0.717, 1.165) is 24.1 Å². The molecule has 2 aromatic rings. The Hall–Kier alpha value is -2.70. The fourth-order valence-corrected chi connectivity index (χ4v) is 4.88. The van der Waals surface area contributed by atoms with E-state index in [2.05, 4.69) is 15.5 Å². The number of nitrogens with one attached hydrogen (secondary N) is 2. The summed E-state index contributed by atoms with van der Waals surface area (Å²) < 4.78 is 13.3. The van der Waals surface area contributed by atoms with Crippen molar-refractivity contribution in [3.63, 3.8) is 0 Å². The van der Waals surface area contributed by atoms with Crippen molar-refractivity contribution >= 4 is 11.8 Å². The Kier molecular flexibility index (Phi) is 6.39. The van der Waals surface area contributed by atoms with Crippen LogP contribution in [0.2, 0.25) is 0 Å². The molecule has 0 unspecified atom stereocenters. The van der Waals surface area contributed by atoms with Crippen molar-refractivity contribution in [2.45, 2.75) is 76.3 Å². The zero-order valence-electron chi connectivity index (χ0n) is 18.2. The number of rotatable bonds is 7. The molecule has 0 bridgehead atoms. The molecule has 31 heavy (non-hydrogen) atoms. The van der Waals surface area contributed by atoms with Gasteiger partial charge in [0.15, 0.2) is 0 Å². The van der Waals surface area contributed by atoms with Gasteiger partial charge in [-0.15, -0.1) is 0 Å². The minimum absolute atomic E-state index is 0.0159. The van der Waals surface area contributed by atoms with E-state index in [9.17, 15) is 14.0 Å². The predicted octanol–water partition coefficient (Wildman–Crippen LogP) is 3.45. The number of H-pyrrole nitrogens is 1. The molecule has 2 N–H and O–H groups in total. The third kappa shape index (κ3) is 5.14. The van der Waals surface area contributed by atoms with Gasteiger partial charge in [0.05, 0.1) is 12.2 Å². The zero-order chi connectivity index (χ0) is 21.8. The van der Waals surface area contributed by atoms with Gasteiger partial charge in [0.2, 0.25) is 11.8 Å². The van der Waals surface area contributed by atoms with E-state index in [1.807, 2.05) is 7.05 Å². The Morgan fingerprint density at radius 2 is 1.94 bits per heavy atom. The molecule has 1 fully saturated rings. The van der Waals surface area contributed by atoms with Crippen molar-refractivity contribution in [2.24, 2.45) is 0 Å². The molecule has 6 nitrogen and oxygen atoms in total. The van der Waals surface area contributed by atoms with Crippen LogP contribution in [0.25, 0.3) is 0 Å². The van der Waals surface area contributed by atoms with E-state index in [4.69, 9.17) is 0 Å². The van der Waals surface area contributed by atoms with Crippen molar-refractivity contribution in [2.75, 3.05) is 7.05 Å². The van der Waals surface area contributed by atoms with Gasteiger partial charge in [-0.3, -0.25) is 14.7 Å². The largest absolute Gasteiger partial charge is 0.350 e. The molecule has 0 spiro atoms. The molecule has 166 valence electrons. The second kappa shape index (κ2) is 9.20. The number of benzene rings is 1. The summed E-state index contributed by atoms with van der Waals surface area (Å²) in [4.78, 5) is 26.6. The van der Waals surface area contributed by atoms with Crippen molar-refractivity contribution in [1.29, 1.82) is 0 Å². The number of hydrogen-bond acceptors (Lipinski definition) is 3. The van der Waals surface area contributed by atoms with E-state index in [-0.39, 0.29) is 17.6 Å². The number of amides is 2. The second-order valence-electron chi connectivity index (χ2n) is 9.07. The molecule has 1 aliphatic heterocycles. The molecule has 0 saturated carbocycles. The fraction of sp³-hybridized carbons (Fsp3) is 0.542. The molecule has 1 aromatic heterocycles. The molecule has 1 aliphatic carbocycles. The zero-order valence-corrected chi connectivity index (χ0v) is 18.2. The summed E-state index contributed by atoms with van der Waals surface area (Å²) in [5.41, 5.74) is 3.99. The minimum atomic E-state index is -0.450. The van der Waals surface area contributed by atoms with Gasteiger partial charge in [0.1, 0.15) is 5.82 Å². The smallest absolute Gasteiger partial charge is 0.222 e. The van der Waals surface area contributed by atoms with Gasteiger partial charge in [-0.1, -0.05) is 18.6 Å². The van der Waals surface area contributed by atoms with Gasteiger partial charge in [-0.05, 0) is 68.2 Å². The van der Waals surface area contributed by atoms with Gasteiger partial charge < -0.3 is 10.2 Å². The third-order valence-corrected chi connectivity index (χ3v) is 6.71. The molecule has 1 atom stereocenters. The van der Waals surface area contributed by atoms with Crippen LogP contribution in [0.3, 0.4) is 0 Å². The van der Waals surface area contributed by atoms with Crippen LogP contribution in [-0.4, -0.2) is 39.5 Å². The normalized spacial score (nSPS) is 20.8. The number of hydrogen-bond donors (Lipinski definition) is 2. The number of carbonyl (C=O) groups is 2. The highest BCUT2D eigenvalue weighted by molar-refractivity contribution is 5.80. The number of aromatic nitrogens is 2. The molecule has 7 heteroatoms. The maximum atomic E-state index is 13.3. The summed E-state index contributed by atoms with van der Waals surface area (Å²) in [7, 11) is 1.82. The maximum absolute atomic E-state index is 13.3. The topological polar surface area (TPSA) is 78.1 Å². The first-order valence-corrected chi connectivity index (χ1v) is 11.3. The van der Waals surface area contributed by atoms with Gasteiger partial charge in [0, 0.05) is 31.1 Å². The number of halogens is 1. The summed E-state index contributed by atoms with van der Waals surface area (Å²) in [5.74, 6) is -0.214. The van der Waals surface area contributed by atoms with Gasteiger partial charge in [-0.25, -0.2) is 4.39 Å². The van der Waals surface area contributed by atoms with Crippen LogP contribution in [0.4, 0.5) is 4.39 Å². The minimum Gasteiger partial charge on any atom is -0.350 e. The predicted molar refractivity (Wildman–Crippen MR) is 116 cm³/mol. The van der Waals surface area contributed by atoms with Crippen LogP contribution in [-0.2, 0) is 35.4 Å². The van der Waals surface area contributed by atoms with Crippen LogP contribution < -0.4 is 5.32 Å². The number of aromatic amines is 1. The Balaban J connectivity index is 1.38. The molecule has 2 heterocycles. The lowest BCUT2D eigenvalue weighted by molar-refractivity contribution is -0.131. The SMILES string of the molecule is CN(Cc1n[nH]c2c1CCCCC2)C(=O)CC[C@]1(Cc2ccc(F)cc2)CCC(=O)N1. The number of carbonyl (C=O) groups excluding carboxylic acids is 2. The Morgan fingerprint density at radius 3 is 2.68 bits per heavy atom. The molecule has 2 amide bonds. The van der Waals surface area contributed by atoms with Gasteiger partial charge in [0.25, 0.3) is 0 Å². The van der Waals surface area contributed by atoms with Crippen molar-refractivity contribution in [1.82, 2.24) is 20.4 Å². The highest BCUT2D eigenvalue weighted by Gasteiger charge is 2.38. The van der Waals surface area contributed by atoms with E-state index in [1.54, 1.807) is 17.0 Å². The first-order chi connectivity index (χ1) is 14.9. The van der Waals surface area contributed by atoms with E-state index in [1.165, 1.54) is 42.7 Å². The van der Waals surface area contributed by atoms with Crippen molar-refractivity contribution in [3.8, 4) is 0 Å². The lowest BCUT2D eigenvalue weighted by atomic mass is 9.85. The summed E-state index contributed by atoms with van der Waals surface area (Å²) in [6, 6.07) is 6.37. The summed E-state index contributed by atoms with van der Waals surface area (Å²) in [5, 5.41) is 10.7. The third-order valence-electron chi connectivity index (χ3n) is 6.71. The van der Waals surface area contributed by atoms with Gasteiger partial charge >= 0.3 is 0 Å². The fourth-order valence-electron chi connectivity index (χ4n) is 4.88. The second-order valence-corrected chi connectivity index (χ2v) is 9.07. The lowest BCUT2D eigenvalue weighted by Gasteiger charge is -2.30. The lowest BCUT2D eigenvalue weighted by Crippen LogP contribution is -2.44. The van der Waals surface area contributed by atoms with Gasteiger partial charge in [-0.2, -0.15) is 5.10 Å². The average molecular weight is 427 g/mol. The molecule has 4 rings (SSSR count). The van der Waals surface area contributed by atoms with E-state index in [0.29, 0.717) is 38.6 Å². The molecule has 1 aromatic carbocycles. The van der Waals surface area contributed by atoms with Crippen LogP contribution in [0, 0.1) is 5.82 Å². The molecule has 0 radical (unpaired) electrons. The summed E-state index contributed by atoms with van der Waals surface area (Å²) in [6.45, 7) is 0.502. The molecular weight excluding hydrogens is 395 g/mol. The summed E-state index contributed by atoms with van der Waals surface area (Å²) in [6.07, 6.45) is 8.32. The first-order valence-electron chi connectivity index (χ1n) is 11.3. The van der Waals surface area contributed by atoms with Crippen LogP contribution >= 0.6 is 0 Å². The number of aryl methyl sites for hydroxylation is 1. The van der Waals surface area contributed by atoms with Crippen LogP contribution in [0.15, 0.2) is 24.3 Å². The van der Waals surface area contributed by atoms with Crippen molar-refractivity contribution in [3.05, 3.63) is 52.6 Å². The monoisotopic (exact) mass is 426 g/mol. The Labute approximate surface area is 182 Å². The van der Waals surface area contributed by atoms with E-state index >= 15 is 0 Å². The highest BCUT2D eigenvalue weighted by atomic mass is 19.1. The Morgan fingerprint density at radius 1 is 1.16 bits per heavy atom. The average Bonchev–Trinajstić information content (AvgIpc) is 3.21. The quantitative estimate of drug-likeness (QED) is 0.666. The van der Waals surface area contributed by atoms with Crippen LogP contribution in [0.5, 0.6) is 0 Å². The molecule has 1 saturated heterocycles. The molecule has 2 aliphatic rings. The Bertz CT molecular complexity index is 940. The van der Waals surface area contributed by atoms with E-state index < -0.39 is 5.54 Å². The van der Waals surface area contributed by atoms with Crippen molar-refractivity contribution < 1.29 is 14.0 Å². The van der Waals surface area contributed by atoms with Crippen LogP contribution in [0.1, 0.15) is 67.5 Å². The number of nitrogens with zero attached hydrogens (tertiary/aromatic N) is 2. The standard InChI is InChI=1S/C24H31FN4O2/c1-29(16-21-19-5-3-2-4-6-20(19)27-28-21)23(31)12-14-24(13-11-22(30)26-24)15-17-7-9-18(25)10-8-17/h7-10H,2-6,11-16H2,1H3,(H,26,30)(H,27,28)/t24-/m0/s1. The number of fused-ring (bicyclic) bond motifs is 1. The summed E-state index contributed by atoms with van der Waals surface area (Å²) >= 11 is 0. The highest BCUT2D eigenvalue weighted by Crippen LogP contribution is 2.30. The molecular formula is C24H31FN4O2.